The predicted octanol–water partition coefficient (Wildman–Crippen LogP) is 3.46. The lowest BCUT2D eigenvalue weighted by Gasteiger charge is -2.18. The summed E-state index contributed by atoms with van der Waals surface area (Å²) in [6.45, 7) is 2.73. The second-order valence-corrected chi connectivity index (χ2v) is 4.40. The summed E-state index contributed by atoms with van der Waals surface area (Å²) in [6, 6.07) is 8.79. The first-order valence-corrected chi connectivity index (χ1v) is 6.44. The SMILES string of the molecule is CCOc1ccc(C(NC)C2=CCCC2)cc1. The Hall–Kier alpha value is -1.28. The van der Waals surface area contributed by atoms with Gasteiger partial charge in [-0.3, -0.25) is 0 Å². The Morgan fingerprint density at radius 2 is 2.06 bits per heavy atom. The smallest absolute Gasteiger partial charge is 0.119 e. The van der Waals surface area contributed by atoms with Gasteiger partial charge in [0.2, 0.25) is 0 Å². The Kier molecular flexibility index (Phi) is 4.21. The van der Waals surface area contributed by atoms with Gasteiger partial charge in [-0.2, -0.15) is 0 Å². The molecule has 0 radical (unpaired) electrons. The van der Waals surface area contributed by atoms with Crippen LogP contribution in [0.5, 0.6) is 5.75 Å². The van der Waals surface area contributed by atoms with Crippen molar-refractivity contribution >= 4 is 0 Å². The van der Waals surface area contributed by atoms with E-state index < -0.39 is 0 Å². The fraction of sp³-hybridized carbons (Fsp3) is 0.467. The molecule has 92 valence electrons. The van der Waals surface area contributed by atoms with Crippen molar-refractivity contribution in [2.45, 2.75) is 32.2 Å². The van der Waals surface area contributed by atoms with Crippen LogP contribution in [0.2, 0.25) is 0 Å². The van der Waals surface area contributed by atoms with E-state index in [1.165, 1.54) is 30.4 Å². The molecule has 1 N–H and O–H groups in total. The van der Waals surface area contributed by atoms with Crippen molar-refractivity contribution in [3.05, 3.63) is 41.5 Å². The third-order valence-electron chi connectivity index (χ3n) is 3.26. The van der Waals surface area contributed by atoms with Crippen molar-refractivity contribution < 1.29 is 4.74 Å². The maximum atomic E-state index is 5.46. The van der Waals surface area contributed by atoms with Crippen LogP contribution < -0.4 is 10.1 Å². The second-order valence-electron chi connectivity index (χ2n) is 4.40. The molecule has 0 amide bonds. The third kappa shape index (κ3) is 2.89. The highest BCUT2D eigenvalue weighted by Crippen LogP contribution is 2.31. The molecule has 1 aromatic carbocycles. The van der Waals surface area contributed by atoms with Crippen LogP contribution in [0.15, 0.2) is 35.9 Å². The molecule has 2 rings (SSSR count). The number of hydrogen-bond acceptors (Lipinski definition) is 2. The number of allylic oxidation sites excluding steroid dienone is 1. The van der Waals surface area contributed by atoms with E-state index in [0.717, 1.165) is 12.4 Å². The quantitative estimate of drug-likeness (QED) is 0.784. The fourth-order valence-electron chi connectivity index (χ4n) is 2.45. The summed E-state index contributed by atoms with van der Waals surface area (Å²) in [5.74, 6) is 0.950. The standard InChI is InChI=1S/C15H21NO/c1-3-17-14-10-8-13(9-11-14)15(16-2)12-6-4-5-7-12/h6,8-11,15-16H,3-5,7H2,1-2H3. The van der Waals surface area contributed by atoms with Gasteiger partial charge in [0.05, 0.1) is 12.6 Å². The molecule has 1 unspecified atom stereocenters. The summed E-state index contributed by atoms with van der Waals surface area (Å²) in [6.07, 6.45) is 6.12. The molecule has 0 saturated carbocycles. The van der Waals surface area contributed by atoms with E-state index in [9.17, 15) is 0 Å². The van der Waals surface area contributed by atoms with Crippen molar-refractivity contribution in [3.63, 3.8) is 0 Å². The third-order valence-corrected chi connectivity index (χ3v) is 3.26. The summed E-state index contributed by atoms with van der Waals surface area (Å²) < 4.78 is 5.46. The first kappa shape index (κ1) is 12.2. The second kappa shape index (κ2) is 5.87. The van der Waals surface area contributed by atoms with Crippen LogP contribution in [0.25, 0.3) is 0 Å². The topological polar surface area (TPSA) is 21.3 Å². The minimum atomic E-state index is 0.369. The van der Waals surface area contributed by atoms with Gasteiger partial charge in [0.25, 0.3) is 0 Å². The maximum Gasteiger partial charge on any atom is 0.119 e. The Bertz CT molecular complexity index is 380. The predicted molar refractivity (Wildman–Crippen MR) is 71.3 cm³/mol. The van der Waals surface area contributed by atoms with E-state index >= 15 is 0 Å². The molecule has 17 heavy (non-hydrogen) atoms. The molecule has 0 heterocycles. The zero-order valence-corrected chi connectivity index (χ0v) is 10.7. The Labute approximate surface area is 104 Å². The Morgan fingerprint density at radius 3 is 2.59 bits per heavy atom. The van der Waals surface area contributed by atoms with Crippen LogP contribution in [0, 0.1) is 0 Å². The minimum absolute atomic E-state index is 0.369. The van der Waals surface area contributed by atoms with Gasteiger partial charge in [-0.1, -0.05) is 23.8 Å². The van der Waals surface area contributed by atoms with E-state index in [0.29, 0.717) is 6.04 Å². The van der Waals surface area contributed by atoms with Crippen LogP contribution in [0.3, 0.4) is 0 Å². The zero-order valence-electron chi connectivity index (χ0n) is 10.7. The number of nitrogens with one attached hydrogen (secondary N) is 1. The number of ether oxygens (including phenoxy) is 1. The molecule has 0 spiro atoms. The van der Waals surface area contributed by atoms with Crippen LogP contribution >= 0.6 is 0 Å². The summed E-state index contributed by atoms with van der Waals surface area (Å²) in [7, 11) is 2.03. The normalized spacial score (nSPS) is 16.7. The molecule has 0 aliphatic heterocycles. The molecular formula is C15H21NO. The molecule has 2 heteroatoms. The summed E-state index contributed by atoms with van der Waals surface area (Å²) >= 11 is 0. The maximum absolute atomic E-state index is 5.46. The molecule has 1 aliphatic carbocycles. The van der Waals surface area contributed by atoms with Gasteiger partial charge in [0, 0.05) is 0 Å². The van der Waals surface area contributed by atoms with E-state index in [1.807, 2.05) is 14.0 Å². The number of benzene rings is 1. The monoisotopic (exact) mass is 231 g/mol. The van der Waals surface area contributed by atoms with Crippen LogP contribution in [0.4, 0.5) is 0 Å². The summed E-state index contributed by atoms with van der Waals surface area (Å²) in [5, 5.41) is 3.40. The summed E-state index contributed by atoms with van der Waals surface area (Å²) in [5.41, 5.74) is 2.85. The van der Waals surface area contributed by atoms with E-state index in [1.54, 1.807) is 0 Å². The van der Waals surface area contributed by atoms with E-state index in [-0.39, 0.29) is 0 Å². The average Bonchev–Trinajstić information content (AvgIpc) is 2.86. The van der Waals surface area contributed by atoms with Gasteiger partial charge in [0.15, 0.2) is 0 Å². The van der Waals surface area contributed by atoms with E-state index in [4.69, 9.17) is 4.74 Å². The highest BCUT2D eigenvalue weighted by molar-refractivity contribution is 5.34. The summed E-state index contributed by atoms with van der Waals surface area (Å²) in [4.78, 5) is 0. The molecule has 0 aromatic heterocycles. The van der Waals surface area contributed by atoms with Gasteiger partial charge < -0.3 is 10.1 Å². The van der Waals surface area contributed by atoms with Crippen LogP contribution in [0.1, 0.15) is 37.8 Å². The molecule has 1 atom stereocenters. The molecule has 1 aromatic rings. The molecule has 2 nitrogen and oxygen atoms in total. The number of hydrogen-bond donors (Lipinski definition) is 1. The number of rotatable bonds is 5. The highest BCUT2D eigenvalue weighted by atomic mass is 16.5. The number of likely N-dealkylation sites (N-methyl/N-ethyl adjacent to an activating group) is 1. The Morgan fingerprint density at radius 1 is 1.29 bits per heavy atom. The molecule has 0 bridgehead atoms. The van der Waals surface area contributed by atoms with Crippen molar-refractivity contribution in [1.82, 2.24) is 5.32 Å². The van der Waals surface area contributed by atoms with Gasteiger partial charge in [-0.05, 0) is 50.9 Å². The van der Waals surface area contributed by atoms with Crippen molar-refractivity contribution in [2.75, 3.05) is 13.7 Å². The van der Waals surface area contributed by atoms with Gasteiger partial charge >= 0.3 is 0 Å². The first-order chi connectivity index (χ1) is 8.35. The van der Waals surface area contributed by atoms with Crippen molar-refractivity contribution in [1.29, 1.82) is 0 Å². The van der Waals surface area contributed by atoms with Gasteiger partial charge in [-0.25, -0.2) is 0 Å². The largest absolute Gasteiger partial charge is 0.494 e. The molecule has 0 saturated heterocycles. The van der Waals surface area contributed by atoms with Crippen LogP contribution in [-0.2, 0) is 0 Å². The lowest BCUT2D eigenvalue weighted by Crippen LogP contribution is -2.17. The fourth-order valence-corrected chi connectivity index (χ4v) is 2.45. The van der Waals surface area contributed by atoms with Crippen molar-refractivity contribution in [3.8, 4) is 5.75 Å². The lowest BCUT2D eigenvalue weighted by atomic mass is 9.98. The van der Waals surface area contributed by atoms with Gasteiger partial charge in [0.1, 0.15) is 5.75 Å². The molecule has 0 fully saturated rings. The Balaban J connectivity index is 2.13. The molecule has 1 aliphatic rings. The average molecular weight is 231 g/mol. The zero-order chi connectivity index (χ0) is 12.1. The highest BCUT2D eigenvalue weighted by Gasteiger charge is 2.16. The minimum Gasteiger partial charge on any atom is -0.494 e. The first-order valence-electron chi connectivity index (χ1n) is 6.44. The van der Waals surface area contributed by atoms with E-state index in [2.05, 4.69) is 35.7 Å². The molecular weight excluding hydrogens is 210 g/mol. The van der Waals surface area contributed by atoms with Crippen molar-refractivity contribution in [2.24, 2.45) is 0 Å². The van der Waals surface area contributed by atoms with Gasteiger partial charge in [-0.15, -0.1) is 0 Å². The lowest BCUT2D eigenvalue weighted by molar-refractivity contribution is 0.340. The van der Waals surface area contributed by atoms with Crippen LogP contribution in [-0.4, -0.2) is 13.7 Å².